The van der Waals surface area contributed by atoms with E-state index >= 15 is 0 Å². The Morgan fingerprint density at radius 2 is 1.68 bits per heavy atom. The molecule has 1 saturated heterocycles. The van der Waals surface area contributed by atoms with Crippen LogP contribution in [0.15, 0.2) is 60.0 Å². The molecular weight excluding hydrogens is 494 g/mol. The number of hydrogen-bond acceptors (Lipinski definition) is 6. The highest BCUT2D eigenvalue weighted by molar-refractivity contribution is 7.89. The minimum atomic E-state index is -3.66. The van der Waals surface area contributed by atoms with Gasteiger partial charge in [0.1, 0.15) is 0 Å². The Morgan fingerprint density at radius 3 is 2.27 bits per heavy atom. The molecule has 1 aliphatic heterocycles. The van der Waals surface area contributed by atoms with Gasteiger partial charge in [-0.15, -0.1) is 0 Å². The van der Waals surface area contributed by atoms with Gasteiger partial charge in [0.05, 0.1) is 19.1 Å². The van der Waals surface area contributed by atoms with Crippen LogP contribution in [0.2, 0.25) is 0 Å². The lowest BCUT2D eigenvalue weighted by molar-refractivity contribution is -0.117. The number of carbonyl (C=O) groups excluding carboxylic acids is 2. The first-order valence-electron chi connectivity index (χ1n) is 12.3. The smallest absolute Gasteiger partial charge is 0.251 e. The van der Waals surface area contributed by atoms with E-state index in [9.17, 15) is 18.0 Å². The van der Waals surface area contributed by atoms with Crippen molar-refractivity contribution < 1.29 is 27.5 Å². The molecule has 2 amide bonds. The van der Waals surface area contributed by atoms with E-state index in [1.54, 1.807) is 14.2 Å². The van der Waals surface area contributed by atoms with E-state index in [0.717, 1.165) is 18.4 Å². The Hall–Kier alpha value is -3.37. The highest BCUT2D eigenvalue weighted by Gasteiger charge is 2.45. The SMILES string of the molecule is C=CC(=O)NC1CC2CN(S(=O)(=O)c3ccc(C(=O)NCCc4ccc(OC)c(OC)c4)cc3)CC2C1. The maximum atomic E-state index is 13.2. The second-order valence-corrected chi connectivity index (χ2v) is 11.4. The number of nitrogens with zero attached hydrogens (tertiary/aromatic N) is 1. The fourth-order valence-electron chi connectivity index (χ4n) is 5.22. The van der Waals surface area contributed by atoms with Crippen molar-refractivity contribution in [2.75, 3.05) is 33.9 Å². The van der Waals surface area contributed by atoms with Crippen LogP contribution in [-0.4, -0.2) is 64.4 Å². The van der Waals surface area contributed by atoms with Crippen LogP contribution in [0.25, 0.3) is 0 Å². The number of amides is 2. The van der Waals surface area contributed by atoms with Crippen molar-refractivity contribution in [1.82, 2.24) is 14.9 Å². The first-order chi connectivity index (χ1) is 17.7. The van der Waals surface area contributed by atoms with Gasteiger partial charge in [0, 0.05) is 31.2 Å². The zero-order valence-electron chi connectivity index (χ0n) is 21.1. The van der Waals surface area contributed by atoms with Crippen molar-refractivity contribution in [3.8, 4) is 11.5 Å². The molecule has 9 nitrogen and oxygen atoms in total. The first kappa shape index (κ1) is 26.7. The third-order valence-electron chi connectivity index (χ3n) is 7.15. The van der Waals surface area contributed by atoms with Crippen LogP contribution in [0.3, 0.4) is 0 Å². The van der Waals surface area contributed by atoms with E-state index < -0.39 is 10.0 Å². The monoisotopic (exact) mass is 527 g/mol. The Bertz CT molecular complexity index is 1250. The number of sulfonamides is 1. The predicted molar refractivity (Wildman–Crippen MR) is 139 cm³/mol. The zero-order valence-corrected chi connectivity index (χ0v) is 21.9. The van der Waals surface area contributed by atoms with E-state index in [4.69, 9.17) is 9.47 Å². The van der Waals surface area contributed by atoms with Gasteiger partial charge in [0.15, 0.2) is 11.5 Å². The van der Waals surface area contributed by atoms with Crippen LogP contribution < -0.4 is 20.1 Å². The lowest BCUT2D eigenvalue weighted by Gasteiger charge is -2.19. The quantitative estimate of drug-likeness (QED) is 0.459. The summed E-state index contributed by atoms with van der Waals surface area (Å²) in [4.78, 5) is 24.3. The summed E-state index contributed by atoms with van der Waals surface area (Å²) < 4.78 is 38.5. The lowest BCUT2D eigenvalue weighted by Crippen LogP contribution is -2.35. The van der Waals surface area contributed by atoms with E-state index in [2.05, 4.69) is 17.2 Å². The molecule has 0 bridgehead atoms. The largest absolute Gasteiger partial charge is 0.493 e. The highest BCUT2D eigenvalue weighted by Crippen LogP contribution is 2.40. The standard InChI is InChI=1S/C27H33N3O6S/c1-4-26(31)29-22-14-20-16-30(17-21(20)15-22)37(33,34)23-8-6-19(7-9-23)27(32)28-12-11-18-5-10-24(35-2)25(13-18)36-3/h4-10,13,20-22H,1,11-12,14-17H2,2-3H3,(H,28,32)(H,29,31). The molecule has 2 aliphatic rings. The second kappa shape index (κ2) is 11.4. The summed E-state index contributed by atoms with van der Waals surface area (Å²) in [7, 11) is -0.507. The van der Waals surface area contributed by atoms with Gasteiger partial charge in [-0.1, -0.05) is 12.6 Å². The fourth-order valence-corrected chi connectivity index (χ4v) is 6.77. The summed E-state index contributed by atoms with van der Waals surface area (Å²) in [5, 5.41) is 5.79. The van der Waals surface area contributed by atoms with Crippen molar-refractivity contribution in [2.24, 2.45) is 11.8 Å². The van der Waals surface area contributed by atoms with Gasteiger partial charge in [-0.3, -0.25) is 9.59 Å². The molecule has 0 spiro atoms. The average Bonchev–Trinajstić information content (AvgIpc) is 3.48. The van der Waals surface area contributed by atoms with Crippen molar-refractivity contribution in [3.05, 3.63) is 66.2 Å². The Morgan fingerprint density at radius 1 is 1.03 bits per heavy atom. The third kappa shape index (κ3) is 5.97. The molecule has 10 heteroatoms. The number of methoxy groups -OCH3 is 2. The number of ether oxygens (including phenoxy) is 2. The topological polar surface area (TPSA) is 114 Å². The number of nitrogens with one attached hydrogen (secondary N) is 2. The van der Waals surface area contributed by atoms with Crippen LogP contribution in [0.1, 0.15) is 28.8 Å². The highest BCUT2D eigenvalue weighted by atomic mass is 32.2. The maximum absolute atomic E-state index is 13.2. The minimum Gasteiger partial charge on any atom is -0.493 e. The maximum Gasteiger partial charge on any atom is 0.251 e. The van der Waals surface area contributed by atoms with Crippen LogP contribution in [-0.2, 0) is 21.2 Å². The third-order valence-corrected chi connectivity index (χ3v) is 9.00. The number of carbonyl (C=O) groups is 2. The molecule has 1 heterocycles. The van der Waals surface area contributed by atoms with Crippen molar-refractivity contribution in [2.45, 2.75) is 30.2 Å². The van der Waals surface area contributed by atoms with E-state index in [0.29, 0.717) is 43.1 Å². The minimum absolute atomic E-state index is 0.0647. The van der Waals surface area contributed by atoms with Crippen LogP contribution in [0.5, 0.6) is 11.5 Å². The summed E-state index contributed by atoms with van der Waals surface area (Å²) in [6, 6.07) is 11.7. The van der Waals surface area contributed by atoms with Crippen molar-refractivity contribution in [1.29, 1.82) is 0 Å². The van der Waals surface area contributed by atoms with Gasteiger partial charge in [0.25, 0.3) is 5.91 Å². The number of rotatable bonds is 10. The zero-order chi connectivity index (χ0) is 26.6. The van der Waals surface area contributed by atoms with Crippen LogP contribution in [0.4, 0.5) is 0 Å². The Kier molecular flexibility index (Phi) is 8.19. The molecule has 2 aromatic carbocycles. The molecule has 37 heavy (non-hydrogen) atoms. The summed E-state index contributed by atoms with van der Waals surface area (Å²) in [6.07, 6.45) is 3.39. The average molecular weight is 528 g/mol. The predicted octanol–water partition coefficient (Wildman–Crippen LogP) is 2.38. The summed E-state index contributed by atoms with van der Waals surface area (Å²) in [6.45, 7) is 4.76. The molecule has 1 saturated carbocycles. The summed E-state index contributed by atoms with van der Waals surface area (Å²) in [5.74, 6) is 1.25. The number of benzene rings is 2. The molecular formula is C27H33N3O6S. The fraction of sp³-hybridized carbons (Fsp3) is 0.407. The molecule has 2 aromatic rings. The van der Waals surface area contributed by atoms with Crippen LogP contribution in [0, 0.1) is 11.8 Å². The van der Waals surface area contributed by atoms with E-state index in [-0.39, 0.29) is 34.6 Å². The summed E-state index contributed by atoms with van der Waals surface area (Å²) in [5.41, 5.74) is 1.38. The van der Waals surface area contributed by atoms with Gasteiger partial charge in [-0.05, 0) is 79.1 Å². The molecule has 2 N–H and O–H groups in total. The molecule has 4 rings (SSSR count). The van der Waals surface area contributed by atoms with Crippen LogP contribution >= 0.6 is 0 Å². The Labute approximate surface area is 217 Å². The molecule has 2 unspecified atom stereocenters. The Balaban J connectivity index is 1.30. The number of hydrogen-bond donors (Lipinski definition) is 2. The van der Waals surface area contributed by atoms with E-state index in [1.807, 2.05) is 18.2 Å². The molecule has 1 aliphatic carbocycles. The van der Waals surface area contributed by atoms with Gasteiger partial charge < -0.3 is 20.1 Å². The van der Waals surface area contributed by atoms with Gasteiger partial charge in [-0.2, -0.15) is 4.31 Å². The van der Waals surface area contributed by atoms with E-state index in [1.165, 1.54) is 34.6 Å². The van der Waals surface area contributed by atoms with Crippen molar-refractivity contribution >= 4 is 21.8 Å². The summed E-state index contributed by atoms with van der Waals surface area (Å²) >= 11 is 0. The number of fused-ring (bicyclic) bond motifs is 1. The molecule has 2 atom stereocenters. The molecule has 0 radical (unpaired) electrons. The normalized spacial score (nSPS) is 21.2. The van der Waals surface area contributed by atoms with Gasteiger partial charge in [-0.25, -0.2) is 8.42 Å². The second-order valence-electron chi connectivity index (χ2n) is 9.44. The first-order valence-corrected chi connectivity index (χ1v) is 13.7. The van der Waals surface area contributed by atoms with Crippen molar-refractivity contribution in [3.63, 3.8) is 0 Å². The lowest BCUT2D eigenvalue weighted by atomic mass is 10.0. The molecule has 0 aromatic heterocycles. The van der Waals surface area contributed by atoms with Gasteiger partial charge >= 0.3 is 0 Å². The van der Waals surface area contributed by atoms with Gasteiger partial charge in [0.2, 0.25) is 15.9 Å². The molecule has 2 fully saturated rings. The molecule has 198 valence electrons.